The lowest BCUT2D eigenvalue weighted by Crippen LogP contribution is -2.43. The molecule has 1 fully saturated rings. The average Bonchev–Trinajstić information content (AvgIpc) is 2.18. The van der Waals surface area contributed by atoms with E-state index < -0.39 is 0 Å². The van der Waals surface area contributed by atoms with Crippen LogP contribution in [-0.4, -0.2) is 7.11 Å². The highest BCUT2D eigenvalue weighted by molar-refractivity contribution is 9.10. The number of methoxy groups -OCH3 is 1. The average molecular weight is 274 g/mol. The second-order valence-corrected chi connectivity index (χ2v) is 4.74. The third kappa shape index (κ3) is 1.66. The molecule has 2 rings (SSSR count). The molecule has 1 aromatic carbocycles. The van der Waals surface area contributed by atoms with Gasteiger partial charge in [0.15, 0.2) is 0 Å². The summed E-state index contributed by atoms with van der Waals surface area (Å²) in [4.78, 5) is 0. The third-order valence-electron chi connectivity index (χ3n) is 3.04. The summed E-state index contributed by atoms with van der Waals surface area (Å²) in [7, 11) is 1.53. The number of hydrogen-bond acceptors (Lipinski definition) is 2. The first-order valence-corrected chi connectivity index (χ1v) is 5.69. The second-order valence-electron chi connectivity index (χ2n) is 3.95. The summed E-state index contributed by atoms with van der Waals surface area (Å²) in [5.74, 6) is 0.204. The van der Waals surface area contributed by atoms with Crippen molar-refractivity contribution in [2.75, 3.05) is 7.11 Å². The third-order valence-corrected chi connectivity index (χ3v) is 3.78. The molecule has 0 aliphatic heterocycles. The molecule has 0 unspecified atom stereocenters. The summed E-state index contributed by atoms with van der Waals surface area (Å²) < 4.78 is 18.9. The fourth-order valence-corrected chi connectivity index (χ4v) is 2.46. The molecule has 0 bridgehead atoms. The summed E-state index contributed by atoms with van der Waals surface area (Å²) in [6.07, 6.45) is 2.98. The molecule has 4 heteroatoms. The van der Waals surface area contributed by atoms with Gasteiger partial charge in [-0.1, -0.05) is 6.07 Å². The maximum absolute atomic E-state index is 13.3. The van der Waals surface area contributed by atoms with E-state index in [1.807, 2.05) is 0 Å². The van der Waals surface area contributed by atoms with Crippen LogP contribution in [0.5, 0.6) is 5.75 Å². The number of ether oxygens (including phenoxy) is 1. The van der Waals surface area contributed by atoms with E-state index in [1.54, 1.807) is 6.07 Å². The monoisotopic (exact) mass is 273 g/mol. The maximum Gasteiger partial charge on any atom is 0.141 e. The Balaban J connectivity index is 2.52. The Morgan fingerprint density at radius 2 is 2.13 bits per heavy atom. The lowest BCUT2D eigenvalue weighted by molar-refractivity contribution is 0.243. The van der Waals surface area contributed by atoms with E-state index in [0.29, 0.717) is 10.2 Å². The van der Waals surface area contributed by atoms with Crippen molar-refractivity contribution in [1.29, 1.82) is 0 Å². The van der Waals surface area contributed by atoms with Crippen LogP contribution in [0.3, 0.4) is 0 Å². The van der Waals surface area contributed by atoms with E-state index >= 15 is 0 Å². The SMILES string of the molecule is COc1c(C2(N)CCC2)ccc(F)c1Br. The first-order chi connectivity index (χ1) is 7.08. The van der Waals surface area contributed by atoms with E-state index in [0.717, 1.165) is 24.8 Å². The highest BCUT2D eigenvalue weighted by atomic mass is 79.9. The van der Waals surface area contributed by atoms with Crippen LogP contribution >= 0.6 is 15.9 Å². The Morgan fingerprint density at radius 3 is 2.60 bits per heavy atom. The molecule has 0 aromatic heterocycles. The Kier molecular flexibility index (Phi) is 2.73. The van der Waals surface area contributed by atoms with E-state index in [2.05, 4.69) is 15.9 Å². The summed E-state index contributed by atoms with van der Waals surface area (Å²) in [5.41, 5.74) is 6.76. The van der Waals surface area contributed by atoms with Gasteiger partial charge in [0, 0.05) is 11.1 Å². The Morgan fingerprint density at radius 1 is 1.47 bits per heavy atom. The van der Waals surface area contributed by atoms with Crippen molar-refractivity contribution >= 4 is 15.9 Å². The molecule has 2 nitrogen and oxygen atoms in total. The van der Waals surface area contributed by atoms with Crippen LogP contribution in [0.4, 0.5) is 4.39 Å². The largest absolute Gasteiger partial charge is 0.495 e. The van der Waals surface area contributed by atoms with Crippen LogP contribution in [-0.2, 0) is 5.54 Å². The molecule has 1 aliphatic carbocycles. The van der Waals surface area contributed by atoms with Gasteiger partial charge in [-0.15, -0.1) is 0 Å². The smallest absolute Gasteiger partial charge is 0.141 e. The molecular weight excluding hydrogens is 261 g/mol. The minimum Gasteiger partial charge on any atom is -0.495 e. The zero-order valence-corrected chi connectivity index (χ0v) is 10.1. The van der Waals surface area contributed by atoms with Crippen molar-refractivity contribution in [3.8, 4) is 5.75 Å². The zero-order valence-electron chi connectivity index (χ0n) is 8.52. The van der Waals surface area contributed by atoms with Crippen LogP contribution in [0.2, 0.25) is 0 Å². The molecule has 15 heavy (non-hydrogen) atoms. The Labute approximate surface area is 96.7 Å². The summed E-state index contributed by atoms with van der Waals surface area (Å²) in [5, 5.41) is 0. The lowest BCUT2D eigenvalue weighted by atomic mass is 9.72. The van der Waals surface area contributed by atoms with Gasteiger partial charge in [-0.3, -0.25) is 0 Å². The van der Waals surface area contributed by atoms with Gasteiger partial charge in [0.2, 0.25) is 0 Å². The van der Waals surface area contributed by atoms with Crippen LogP contribution < -0.4 is 10.5 Å². The van der Waals surface area contributed by atoms with Crippen molar-refractivity contribution in [1.82, 2.24) is 0 Å². The highest BCUT2D eigenvalue weighted by Gasteiger charge is 2.37. The minimum absolute atomic E-state index is 0.321. The maximum atomic E-state index is 13.3. The molecule has 0 radical (unpaired) electrons. The molecule has 2 N–H and O–H groups in total. The Bertz CT molecular complexity index is 390. The molecule has 1 saturated carbocycles. The topological polar surface area (TPSA) is 35.2 Å². The van der Waals surface area contributed by atoms with Gasteiger partial charge in [-0.05, 0) is 41.3 Å². The van der Waals surface area contributed by atoms with Gasteiger partial charge in [0.1, 0.15) is 11.6 Å². The van der Waals surface area contributed by atoms with Gasteiger partial charge in [0.25, 0.3) is 0 Å². The minimum atomic E-state index is -0.332. The van der Waals surface area contributed by atoms with E-state index in [9.17, 15) is 4.39 Å². The standard InChI is InChI=1S/C11H13BrFNO/c1-15-10-7(11(14)5-2-6-11)3-4-8(13)9(10)12/h3-4H,2,5-6,14H2,1H3. The molecular formula is C11H13BrFNO. The molecule has 0 amide bonds. The van der Waals surface area contributed by atoms with Crippen molar-refractivity contribution in [3.63, 3.8) is 0 Å². The number of hydrogen-bond donors (Lipinski definition) is 1. The van der Waals surface area contributed by atoms with Gasteiger partial charge in [0.05, 0.1) is 11.6 Å². The number of nitrogens with two attached hydrogens (primary N) is 1. The van der Waals surface area contributed by atoms with Crippen molar-refractivity contribution in [2.24, 2.45) is 5.73 Å². The first kappa shape index (κ1) is 10.9. The molecule has 0 spiro atoms. The van der Waals surface area contributed by atoms with Crippen molar-refractivity contribution in [3.05, 3.63) is 28.0 Å². The molecule has 82 valence electrons. The first-order valence-electron chi connectivity index (χ1n) is 4.90. The molecule has 1 aliphatic rings. The van der Waals surface area contributed by atoms with Crippen molar-refractivity contribution in [2.45, 2.75) is 24.8 Å². The summed E-state index contributed by atoms with van der Waals surface area (Å²) in [6.45, 7) is 0. The molecule has 1 aromatic rings. The van der Waals surface area contributed by atoms with Crippen LogP contribution in [0.1, 0.15) is 24.8 Å². The van der Waals surface area contributed by atoms with Crippen LogP contribution in [0.25, 0.3) is 0 Å². The van der Waals surface area contributed by atoms with E-state index in [-0.39, 0.29) is 11.4 Å². The molecule has 0 atom stereocenters. The van der Waals surface area contributed by atoms with Gasteiger partial charge < -0.3 is 10.5 Å². The van der Waals surface area contributed by atoms with Gasteiger partial charge >= 0.3 is 0 Å². The van der Waals surface area contributed by atoms with Crippen LogP contribution in [0.15, 0.2) is 16.6 Å². The predicted octanol–water partition coefficient (Wildman–Crippen LogP) is 2.93. The van der Waals surface area contributed by atoms with Crippen LogP contribution in [0, 0.1) is 5.82 Å². The van der Waals surface area contributed by atoms with E-state index in [4.69, 9.17) is 10.5 Å². The fourth-order valence-electron chi connectivity index (χ4n) is 1.95. The predicted molar refractivity (Wildman–Crippen MR) is 60.4 cm³/mol. The Hall–Kier alpha value is -0.610. The number of benzene rings is 1. The quantitative estimate of drug-likeness (QED) is 0.899. The van der Waals surface area contributed by atoms with Gasteiger partial charge in [-0.2, -0.15) is 0 Å². The van der Waals surface area contributed by atoms with Crippen molar-refractivity contribution < 1.29 is 9.13 Å². The fraction of sp³-hybridized carbons (Fsp3) is 0.455. The van der Waals surface area contributed by atoms with Gasteiger partial charge in [-0.25, -0.2) is 4.39 Å². The summed E-state index contributed by atoms with van der Waals surface area (Å²) >= 11 is 3.18. The molecule has 0 saturated heterocycles. The number of rotatable bonds is 2. The number of halogens is 2. The van der Waals surface area contributed by atoms with E-state index in [1.165, 1.54) is 13.2 Å². The normalized spacial score (nSPS) is 18.4. The highest BCUT2D eigenvalue weighted by Crippen LogP contribution is 2.45. The summed E-state index contributed by atoms with van der Waals surface area (Å²) in [6, 6.07) is 3.15. The lowest BCUT2D eigenvalue weighted by Gasteiger charge is -2.39. The molecule has 0 heterocycles. The second kappa shape index (κ2) is 3.76. The zero-order chi connectivity index (χ0) is 11.1.